The summed E-state index contributed by atoms with van der Waals surface area (Å²) in [6.07, 6.45) is 1.20. The van der Waals surface area contributed by atoms with Crippen molar-refractivity contribution >= 4 is 5.69 Å². The van der Waals surface area contributed by atoms with Crippen LogP contribution in [0.2, 0.25) is 0 Å². The lowest BCUT2D eigenvalue weighted by Crippen LogP contribution is -2.05. The molecular formula is C12H14FN5. The molecule has 94 valence electrons. The number of nitrogen functional groups attached to an aromatic ring is 1. The third kappa shape index (κ3) is 1.94. The Morgan fingerprint density at radius 1 is 1.50 bits per heavy atom. The van der Waals surface area contributed by atoms with E-state index in [0.29, 0.717) is 17.3 Å². The van der Waals surface area contributed by atoms with Crippen LogP contribution in [0.25, 0.3) is 11.4 Å². The van der Waals surface area contributed by atoms with E-state index in [0.717, 1.165) is 12.5 Å². The second kappa shape index (κ2) is 4.04. The molecule has 3 rings (SSSR count). The molecule has 1 aliphatic rings. The minimum atomic E-state index is -0.443. The van der Waals surface area contributed by atoms with Gasteiger partial charge < -0.3 is 5.73 Å². The Balaban J connectivity index is 1.91. The molecule has 1 aliphatic carbocycles. The molecule has 0 bridgehead atoms. The van der Waals surface area contributed by atoms with Crippen LogP contribution in [0.1, 0.15) is 13.3 Å². The van der Waals surface area contributed by atoms with Gasteiger partial charge in [-0.2, -0.15) is 0 Å². The van der Waals surface area contributed by atoms with E-state index in [2.05, 4.69) is 22.4 Å². The fraction of sp³-hybridized carbons (Fsp3) is 0.417. The number of hydrogen-bond acceptors (Lipinski definition) is 4. The normalized spacial score (nSPS) is 22.1. The first-order valence-corrected chi connectivity index (χ1v) is 5.96. The van der Waals surface area contributed by atoms with Gasteiger partial charge in [0.25, 0.3) is 0 Å². The molecule has 5 nitrogen and oxygen atoms in total. The molecule has 0 radical (unpaired) electrons. The van der Waals surface area contributed by atoms with Gasteiger partial charge in [-0.1, -0.05) is 6.92 Å². The Morgan fingerprint density at radius 2 is 2.28 bits per heavy atom. The fourth-order valence-corrected chi connectivity index (χ4v) is 2.08. The number of nitrogens with two attached hydrogens (primary N) is 1. The van der Waals surface area contributed by atoms with Gasteiger partial charge in [0.15, 0.2) is 5.82 Å². The van der Waals surface area contributed by atoms with Crippen LogP contribution >= 0.6 is 0 Å². The predicted octanol–water partition coefficient (Wildman–Crippen LogP) is 1.72. The summed E-state index contributed by atoms with van der Waals surface area (Å²) in [6.45, 7) is 2.99. The van der Waals surface area contributed by atoms with Gasteiger partial charge in [-0.3, -0.25) is 0 Å². The second-order valence-corrected chi connectivity index (χ2v) is 4.89. The third-order valence-corrected chi connectivity index (χ3v) is 3.47. The van der Waals surface area contributed by atoms with Crippen molar-refractivity contribution in [1.82, 2.24) is 20.2 Å². The van der Waals surface area contributed by atoms with Crippen molar-refractivity contribution in [3.8, 4) is 11.4 Å². The lowest BCUT2D eigenvalue weighted by molar-refractivity contribution is 0.528. The van der Waals surface area contributed by atoms with E-state index in [1.165, 1.54) is 18.6 Å². The molecule has 18 heavy (non-hydrogen) atoms. The molecule has 2 unspecified atom stereocenters. The summed E-state index contributed by atoms with van der Waals surface area (Å²) in [5, 5.41) is 11.6. The summed E-state index contributed by atoms with van der Waals surface area (Å²) in [5.41, 5.74) is 6.24. The van der Waals surface area contributed by atoms with Gasteiger partial charge in [0, 0.05) is 12.1 Å². The van der Waals surface area contributed by atoms with Crippen LogP contribution in [-0.2, 0) is 6.54 Å². The van der Waals surface area contributed by atoms with E-state index in [9.17, 15) is 4.39 Å². The zero-order chi connectivity index (χ0) is 12.7. The van der Waals surface area contributed by atoms with E-state index in [-0.39, 0.29) is 5.69 Å². The van der Waals surface area contributed by atoms with E-state index < -0.39 is 5.82 Å². The molecule has 1 aromatic carbocycles. The Hall–Kier alpha value is -1.98. The highest BCUT2D eigenvalue weighted by Gasteiger charge is 2.33. The molecule has 0 amide bonds. The SMILES string of the molecule is CC1CC1Cn1nnnc1-c1ccc(N)c(F)c1. The Bertz CT molecular complexity index is 580. The molecule has 2 atom stereocenters. The Morgan fingerprint density at radius 3 is 2.94 bits per heavy atom. The van der Waals surface area contributed by atoms with Crippen molar-refractivity contribution in [3.05, 3.63) is 24.0 Å². The molecule has 1 saturated carbocycles. The minimum absolute atomic E-state index is 0.133. The molecule has 0 aliphatic heterocycles. The standard InChI is InChI=1S/C12H14FN5/c1-7-4-9(7)6-18-12(15-16-17-18)8-2-3-11(14)10(13)5-8/h2-3,5,7,9H,4,6,14H2,1H3. The number of anilines is 1. The van der Waals surface area contributed by atoms with E-state index in [1.807, 2.05) is 0 Å². The van der Waals surface area contributed by atoms with Crippen molar-refractivity contribution in [3.63, 3.8) is 0 Å². The van der Waals surface area contributed by atoms with Crippen LogP contribution in [0.15, 0.2) is 18.2 Å². The van der Waals surface area contributed by atoms with Gasteiger partial charge in [-0.05, 0) is 46.9 Å². The lowest BCUT2D eigenvalue weighted by Gasteiger charge is -2.04. The third-order valence-electron chi connectivity index (χ3n) is 3.47. The van der Waals surface area contributed by atoms with Crippen molar-refractivity contribution in [2.45, 2.75) is 19.9 Å². The minimum Gasteiger partial charge on any atom is -0.396 e. The molecule has 2 aromatic rings. The molecule has 0 spiro atoms. The zero-order valence-corrected chi connectivity index (χ0v) is 10.0. The highest BCUT2D eigenvalue weighted by Crippen LogP contribution is 2.39. The predicted molar refractivity (Wildman–Crippen MR) is 64.9 cm³/mol. The largest absolute Gasteiger partial charge is 0.396 e. The number of tetrazole rings is 1. The number of aromatic nitrogens is 4. The monoisotopic (exact) mass is 247 g/mol. The smallest absolute Gasteiger partial charge is 0.182 e. The van der Waals surface area contributed by atoms with Crippen molar-refractivity contribution in [2.75, 3.05) is 5.73 Å². The zero-order valence-electron chi connectivity index (χ0n) is 10.0. The van der Waals surface area contributed by atoms with Crippen LogP contribution in [0.5, 0.6) is 0 Å². The number of rotatable bonds is 3. The van der Waals surface area contributed by atoms with E-state index in [4.69, 9.17) is 5.73 Å². The molecule has 0 saturated heterocycles. The highest BCUT2D eigenvalue weighted by molar-refractivity contribution is 5.59. The number of nitrogens with zero attached hydrogens (tertiary/aromatic N) is 4. The van der Waals surface area contributed by atoms with Gasteiger partial charge in [-0.25, -0.2) is 9.07 Å². The molecule has 2 N–H and O–H groups in total. The van der Waals surface area contributed by atoms with Gasteiger partial charge >= 0.3 is 0 Å². The van der Waals surface area contributed by atoms with Crippen LogP contribution in [0, 0.1) is 17.7 Å². The topological polar surface area (TPSA) is 69.6 Å². The lowest BCUT2D eigenvalue weighted by atomic mass is 10.2. The second-order valence-electron chi connectivity index (χ2n) is 4.89. The van der Waals surface area contributed by atoms with Gasteiger partial charge in [-0.15, -0.1) is 5.10 Å². The van der Waals surface area contributed by atoms with Crippen molar-refractivity contribution in [1.29, 1.82) is 0 Å². The Labute approximate surface area is 104 Å². The summed E-state index contributed by atoms with van der Waals surface area (Å²) in [6, 6.07) is 4.63. The molecule has 6 heteroatoms. The van der Waals surface area contributed by atoms with Gasteiger partial charge in [0.05, 0.1) is 5.69 Å². The summed E-state index contributed by atoms with van der Waals surface area (Å²) < 4.78 is 15.2. The van der Waals surface area contributed by atoms with Crippen LogP contribution in [-0.4, -0.2) is 20.2 Å². The van der Waals surface area contributed by atoms with Crippen LogP contribution in [0.3, 0.4) is 0 Å². The average Bonchev–Trinajstić information content (AvgIpc) is 2.86. The van der Waals surface area contributed by atoms with E-state index in [1.54, 1.807) is 10.7 Å². The molecular weight excluding hydrogens is 233 g/mol. The summed E-state index contributed by atoms with van der Waals surface area (Å²) in [5.74, 6) is 1.51. The highest BCUT2D eigenvalue weighted by atomic mass is 19.1. The fourth-order valence-electron chi connectivity index (χ4n) is 2.08. The van der Waals surface area contributed by atoms with Crippen LogP contribution in [0.4, 0.5) is 10.1 Å². The maximum Gasteiger partial charge on any atom is 0.182 e. The van der Waals surface area contributed by atoms with Gasteiger partial charge in [0.1, 0.15) is 5.82 Å². The average molecular weight is 247 g/mol. The maximum atomic E-state index is 13.4. The quantitative estimate of drug-likeness (QED) is 0.838. The van der Waals surface area contributed by atoms with Gasteiger partial charge in [0.2, 0.25) is 0 Å². The number of hydrogen-bond donors (Lipinski definition) is 1. The first kappa shape index (κ1) is 11.1. The maximum absolute atomic E-state index is 13.4. The molecule has 1 fully saturated rings. The van der Waals surface area contributed by atoms with Crippen LogP contribution < -0.4 is 5.73 Å². The van der Waals surface area contributed by atoms with Crippen molar-refractivity contribution < 1.29 is 4.39 Å². The first-order valence-electron chi connectivity index (χ1n) is 5.96. The Kier molecular flexibility index (Phi) is 2.50. The number of benzene rings is 1. The summed E-state index contributed by atoms with van der Waals surface area (Å²) in [7, 11) is 0. The molecule has 1 heterocycles. The van der Waals surface area contributed by atoms with E-state index >= 15 is 0 Å². The number of halogens is 1. The summed E-state index contributed by atoms with van der Waals surface area (Å²) >= 11 is 0. The first-order chi connectivity index (χ1) is 8.65. The summed E-state index contributed by atoms with van der Waals surface area (Å²) in [4.78, 5) is 0. The molecule has 1 aromatic heterocycles. The van der Waals surface area contributed by atoms with Crippen molar-refractivity contribution in [2.24, 2.45) is 11.8 Å².